The number of aromatic amines is 1. The lowest BCUT2D eigenvalue weighted by atomic mass is 10.1. The number of carboxylic acid groups (broad SMARTS) is 1. The minimum absolute atomic E-state index is 0.0856. The molecule has 118 valence electrons. The molecule has 2 N–H and O–H groups in total. The monoisotopic (exact) mass is 302 g/mol. The second kappa shape index (κ2) is 8.22. The number of nitrogens with one attached hydrogen (secondary N) is 1. The third-order valence-corrected chi connectivity index (χ3v) is 3.47. The van der Waals surface area contributed by atoms with Crippen molar-refractivity contribution in [3.8, 4) is 17.0 Å². The standard InChI is InChI=1S/C17H22N2O3/c1-2-3-4-5-6-11-22-14-9-7-13(8-10-14)15-12-16(17(20)21)19-18-15/h7-10,12H,2-6,11H2,1H3,(H,18,19)(H,20,21). The summed E-state index contributed by atoms with van der Waals surface area (Å²) < 4.78 is 5.70. The van der Waals surface area contributed by atoms with Gasteiger partial charge in [-0.1, -0.05) is 32.6 Å². The van der Waals surface area contributed by atoms with Crippen LogP contribution in [-0.2, 0) is 0 Å². The lowest BCUT2D eigenvalue weighted by Crippen LogP contribution is -1.97. The van der Waals surface area contributed by atoms with Crippen LogP contribution in [0.3, 0.4) is 0 Å². The molecule has 0 radical (unpaired) electrons. The van der Waals surface area contributed by atoms with E-state index in [1.54, 1.807) is 0 Å². The number of nitrogens with zero attached hydrogens (tertiary/aromatic N) is 1. The summed E-state index contributed by atoms with van der Waals surface area (Å²) in [7, 11) is 0. The number of carbonyl (C=O) groups is 1. The molecule has 5 heteroatoms. The Kier molecular flexibility index (Phi) is 6.01. The normalized spacial score (nSPS) is 10.6. The molecule has 0 fully saturated rings. The van der Waals surface area contributed by atoms with Crippen LogP contribution in [0.25, 0.3) is 11.3 Å². The fourth-order valence-electron chi connectivity index (χ4n) is 2.20. The van der Waals surface area contributed by atoms with Gasteiger partial charge in [-0.2, -0.15) is 5.10 Å². The second-order valence-corrected chi connectivity index (χ2v) is 5.26. The van der Waals surface area contributed by atoms with Gasteiger partial charge in [0.1, 0.15) is 11.4 Å². The lowest BCUT2D eigenvalue weighted by Gasteiger charge is -2.06. The first kappa shape index (κ1) is 16.1. The Bertz CT molecular complexity index is 590. The smallest absolute Gasteiger partial charge is 0.353 e. The maximum absolute atomic E-state index is 10.8. The Morgan fingerprint density at radius 2 is 1.91 bits per heavy atom. The second-order valence-electron chi connectivity index (χ2n) is 5.26. The average molecular weight is 302 g/mol. The van der Waals surface area contributed by atoms with Gasteiger partial charge in [-0.3, -0.25) is 5.10 Å². The fraction of sp³-hybridized carbons (Fsp3) is 0.412. The van der Waals surface area contributed by atoms with Crippen molar-refractivity contribution in [3.05, 3.63) is 36.0 Å². The highest BCUT2D eigenvalue weighted by atomic mass is 16.5. The molecule has 1 aromatic carbocycles. The Hall–Kier alpha value is -2.30. The summed E-state index contributed by atoms with van der Waals surface area (Å²) in [6, 6.07) is 9.06. The fourth-order valence-corrected chi connectivity index (χ4v) is 2.20. The van der Waals surface area contributed by atoms with Crippen LogP contribution in [0, 0.1) is 0 Å². The van der Waals surface area contributed by atoms with Crippen molar-refractivity contribution in [3.63, 3.8) is 0 Å². The van der Waals surface area contributed by atoms with E-state index in [0.29, 0.717) is 5.69 Å². The van der Waals surface area contributed by atoms with Gasteiger partial charge in [0.15, 0.2) is 0 Å². The van der Waals surface area contributed by atoms with Gasteiger partial charge in [0.2, 0.25) is 0 Å². The number of carboxylic acids is 1. The van der Waals surface area contributed by atoms with Crippen molar-refractivity contribution in [1.29, 1.82) is 0 Å². The maximum Gasteiger partial charge on any atom is 0.353 e. The predicted octanol–water partition coefficient (Wildman–Crippen LogP) is 4.12. The molecule has 0 saturated carbocycles. The molecule has 22 heavy (non-hydrogen) atoms. The van der Waals surface area contributed by atoms with Crippen molar-refractivity contribution >= 4 is 5.97 Å². The van der Waals surface area contributed by atoms with E-state index in [1.807, 2.05) is 24.3 Å². The molecule has 0 spiro atoms. The summed E-state index contributed by atoms with van der Waals surface area (Å²) in [5.41, 5.74) is 1.56. The van der Waals surface area contributed by atoms with Crippen LogP contribution in [0.1, 0.15) is 49.5 Å². The van der Waals surface area contributed by atoms with Crippen LogP contribution in [0.2, 0.25) is 0 Å². The van der Waals surface area contributed by atoms with Crippen LogP contribution in [0.4, 0.5) is 0 Å². The number of rotatable bonds is 9. The zero-order valence-corrected chi connectivity index (χ0v) is 12.8. The van der Waals surface area contributed by atoms with Gasteiger partial charge in [-0.15, -0.1) is 0 Å². The highest BCUT2D eigenvalue weighted by Crippen LogP contribution is 2.21. The van der Waals surface area contributed by atoms with Crippen molar-refractivity contribution in [1.82, 2.24) is 10.2 Å². The number of aromatic nitrogens is 2. The third kappa shape index (κ3) is 4.62. The molecule has 0 bridgehead atoms. The molecule has 0 amide bonds. The molecule has 2 rings (SSSR count). The molecular weight excluding hydrogens is 280 g/mol. The van der Waals surface area contributed by atoms with E-state index in [9.17, 15) is 4.79 Å². The van der Waals surface area contributed by atoms with E-state index < -0.39 is 5.97 Å². The topological polar surface area (TPSA) is 75.2 Å². The summed E-state index contributed by atoms with van der Waals surface area (Å²) in [6.07, 6.45) is 6.08. The van der Waals surface area contributed by atoms with E-state index in [1.165, 1.54) is 31.7 Å². The van der Waals surface area contributed by atoms with E-state index in [0.717, 1.165) is 24.3 Å². The van der Waals surface area contributed by atoms with Crippen LogP contribution in [0.5, 0.6) is 5.75 Å². The molecular formula is C17H22N2O3. The Morgan fingerprint density at radius 1 is 1.18 bits per heavy atom. The summed E-state index contributed by atoms with van der Waals surface area (Å²) in [6.45, 7) is 2.94. The molecule has 0 saturated heterocycles. The predicted molar refractivity (Wildman–Crippen MR) is 85.2 cm³/mol. The largest absolute Gasteiger partial charge is 0.494 e. The quantitative estimate of drug-likeness (QED) is 0.683. The SMILES string of the molecule is CCCCCCCOc1ccc(-c2cc(C(=O)O)[nH]n2)cc1. The van der Waals surface area contributed by atoms with E-state index >= 15 is 0 Å². The number of hydrogen-bond donors (Lipinski definition) is 2. The summed E-state index contributed by atoms with van der Waals surface area (Å²) in [4.78, 5) is 10.8. The molecule has 0 aliphatic rings. The maximum atomic E-state index is 10.8. The number of benzene rings is 1. The Balaban J connectivity index is 1.83. The lowest BCUT2D eigenvalue weighted by molar-refractivity contribution is 0.0690. The first-order valence-corrected chi connectivity index (χ1v) is 7.72. The summed E-state index contributed by atoms with van der Waals surface area (Å²) in [5, 5.41) is 15.4. The summed E-state index contributed by atoms with van der Waals surface area (Å²) in [5.74, 6) is -0.185. The Morgan fingerprint density at radius 3 is 2.55 bits per heavy atom. The first-order valence-electron chi connectivity index (χ1n) is 7.72. The number of hydrogen-bond acceptors (Lipinski definition) is 3. The minimum Gasteiger partial charge on any atom is -0.494 e. The molecule has 0 unspecified atom stereocenters. The third-order valence-electron chi connectivity index (χ3n) is 3.47. The highest BCUT2D eigenvalue weighted by Gasteiger charge is 2.09. The molecule has 2 aromatic rings. The minimum atomic E-state index is -1.01. The molecule has 1 aromatic heterocycles. The zero-order chi connectivity index (χ0) is 15.8. The van der Waals surface area contributed by atoms with Gasteiger partial charge >= 0.3 is 5.97 Å². The zero-order valence-electron chi connectivity index (χ0n) is 12.8. The number of H-pyrrole nitrogens is 1. The van der Waals surface area contributed by atoms with Gasteiger partial charge in [0.05, 0.1) is 12.3 Å². The van der Waals surface area contributed by atoms with Gasteiger partial charge in [-0.05, 0) is 36.8 Å². The van der Waals surface area contributed by atoms with Crippen molar-refractivity contribution in [2.75, 3.05) is 6.61 Å². The average Bonchev–Trinajstić information content (AvgIpc) is 3.01. The first-order chi connectivity index (χ1) is 10.7. The highest BCUT2D eigenvalue weighted by molar-refractivity contribution is 5.86. The van der Waals surface area contributed by atoms with Gasteiger partial charge < -0.3 is 9.84 Å². The van der Waals surface area contributed by atoms with Crippen molar-refractivity contribution in [2.45, 2.75) is 39.0 Å². The van der Waals surface area contributed by atoms with Gasteiger partial charge in [-0.25, -0.2) is 4.79 Å². The van der Waals surface area contributed by atoms with Crippen molar-refractivity contribution in [2.24, 2.45) is 0 Å². The van der Waals surface area contributed by atoms with Gasteiger partial charge in [0, 0.05) is 5.56 Å². The molecule has 1 heterocycles. The van der Waals surface area contributed by atoms with Crippen molar-refractivity contribution < 1.29 is 14.6 Å². The Labute approximate surface area is 130 Å². The molecule has 5 nitrogen and oxygen atoms in total. The summed E-state index contributed by atoms with van der Waals surface area (Å²) >= 11 is 0. The number of unbranched alkanes of at least 4 members (excludes halogenated alkanes) is 4. The molecule has 0 aliphatic carbocycles. The van der Waals surface area contributed by atoms with Crippen LogP contribution < -0.4 is 4.74 Å². The van der Waals surface area contributed by atoms with Crippen LogP contribution in [-0.4, -0.2) is 27.9 Å². The van der Waals surface area contributed by atoms with E-state index in [-0.39, 0.29) is 5.69 Å². The van der Waals surface area contributed by atoms with Gasteiger partial charge in [0.25, 0.3) is 0 Å². The van der Waals surface area contributed by atoms with E-state index in [4.69, 9.17) is 9.84 Å². The van der Waals surface area contributed by atoms with E-state index in [2.05, 4.69) is 17.1 Å². The van der Waals surface area contributed by atoms with Crippen LogP contribution in [0.15, 0.2) is 30.3 Å². The number of ether oxygens (including phenoxy) is 1. The molecule has 0 atom stereocenters. The number of aromatic carboxylic acids is 1. The molecule has 0 aliphatic heterocycles. The van der Waals surface area contributed by atoms with Crippen LogP contribution >= 0.6 is 0 Å².